The number of hydrogen-bond acceptors (Lipinski definition) is 1. The number of nitrogens with one attached hydrogen (secondary N) is 1. The third-order valence-corrected chi connectivity index (χ3v) is 3.95. The second kappa shape index (κ2) is 6.80. The summed E-state index contributed by atoms with van der Waals surface area (Å²) < 4.78 is 0. The van der Waals surface area contributed by atoms with Gasteiger partial charge in [-0.05, 0) is 30.9 Å². The van der Waals surface area contributed by atoms with Crippen LogP contribution in [0.2, 0.25) is 0 Å². The van der Waals surface area contributed by atoms with Gasteiger partial charge in [0.05, 0.1) is 0 Å². The molecule has 0 amide bonds. The second-order valence-corrected chi connectivity index (χ2v) is 5.21. The van der Waals surface area contributed by atoms with E-state index in [1.807, 2.05) is 0 Å². The maximum absolute atomic E-state index is 3.61. The van der Waals surface area contributed by atoms with Crippen molar-refractivity contribution in [1.82, 2.24) is 5.32 Å². The van der Waals surface area contributed by atoms with Gasteiger partial charge in [-0.3, -0.25) is 0 Å². The highest BCUT2D eigenvalue weighted by molar-refractivity contribution is 5.26. The summed E-state index contributed by atoms with van der Waals surface area (Å²) in [5.41, 5.74) is 1.75. The summed E-state index contributed by atoms with van der Waals surface area (Å²) in [6, 6.07) is 11.0. The molecule has 0 radical (unpaired) electrons. The van der Waals surface area contributed by atoms with E-state index >= 15 is 0 Å². The first-order chi connectivity index (χ1) is 8.17. The second-order valence-electron chi connectivity index (χ2n) is 5.21. The van der Waals surface area contributed by atoms with Gasteiger partial charge >= 0.3 is 0 Å². The maximum atomic E-state index is 3.61. The molecule has 1 nitrogen and oxygen atoms in total. The van der Waals surface area contributed by atoms with Gasteiger partial charge < -0.3 is 5.32 Å². The van der Waals surface area contributed by atoms with E-state index in [-0.39, 0.29) is 5.41 Å². The lowest BCUT2D eigenvalue weighted by molar-refractivity contribution is 0.280. The Labute approximate surface area is 107 Å². The lowest BCUT2D eigenvalue weighted by atomic mass is 9.69. The lowest BCUT2D eigenvalue weighted by Gasteiger charge is -2.38. The molecule has 0 saturated heterocycles. The molecule has 0 saturated carbocycles. The molecule has 96 valence electrons. The van der Waals surface area contributed by atoms with Crippen LogP contribution >= 0.6 is 0 Å². The van der Waals surface area contributed by atoms with E-state index in [0.717, 1.165) is 13.1 Å². The quantitative estimate of drug-likeness (QED) is 0.702. The summed E-state index contributed by atoms with van der Waals surface area (Å²) in [7, 11) is 0. The van der Waals surface area contributed by atoms with E-state index in [1.54, 1.807) is 0 Å². The van der Waals surface area contributed by atoms with Gasteiger partial charge in [-0.15, -0.1) is 0 Å². The Balaban J connectivity index is 2.92. The minimum atomic E-state index is 0.274. The van der Waals surface area contributed by atoms with Crippen molar-refractivity contribution in [3.8, 4) is 0 Å². The highest BCUT2D eigenvalue weighted by Crippen LogP contribution is 2.35. The molecule has 0 aliphatic rings. The normalized spacial score (nSPS) is 14.9. The van der Waals surface area contributed by atoms with E-state index in [4.69, 9.17) is 0 Å². The molecule has 17 heavy (non-hydrogen) atoms. The molecule has 0 fully saturated rings. The van der Waals surface area contributed by atoms with Gasteiger partial charge in [-0.1, -0.05) is 58.0 Å². The summed E-state index contributed by atoms with van der Waals surface area (Å²) >= 11 is 0. The van der Waals surface area contributed by atoms with Crippen LogP contribution < -0.4 is 5.32 Å². The fraction of sp³-hybridized carbons (Fsp3) is 0.625. The fourth-order valence-electron chi connectivity index (χ4n) is 2.64. The molecular formula is C16H27N. The summed E-state index contributed by atoms with van der Waals surface area (Å²) in [4.78, 5) is 0. The molecule has 0 bridgehead atoms. The van der Waals surface area contributed by atoms with Crippen molar-refractivity contribution < 1.29 is 0 Å². The van der Waals surface area contributed by atoms with Crippen molar-refractivity contribution in [2.45, 2.75) is 46.0 Å². The maximum Gasteiger partial charge on any atom is 0.00980 e. The standard InChI is InChI=1S/C16H27N/c1-5-12-17-13-16(6-2,14(3)4)15-10-8-7-9-11-15/h7-11,14,17H,5-6,12-13H2,1-4H3. The zero-order chi connectivity index (χ0) is 12.7. The van der Waals surface area contributed by atoms with Crippen LogP contribution in [0.5, 0.6) is 0 Å². The van der Waals surface area contributed by atoms with Gasteiger partial charge in [0.25, 0.3) is 0 Å². The van der Waals surface area contributed by atoms with Crippen LogP contribution in [0.1, 0.15) is 46.1 Å². The first-order valence-electron chi connectivity index (χ1n) is 6.93. The molecule has 0 aliphatic heterocycles. The summed E-state index contributed by atoms with van der Waals surface area (Å²) in [6.45, 7) is 11.4. The van der Waals surface area contributed by atoms with Crippen LogP contribution in [0.25, 0.3) is 0 Å². The molecule has 1 N–H and O–H groups in total. The van der Waals surface area contributed by atoms with Crippen LogP contribution in [-0.2, 0) is 5.41 Å². The van der Waals surface area contributed by atoms with Crippen molar-refractivity contribution in [2.75, 3.05) is 13.1 Å². The molecule has 0 spiro atoms. The van der Waals surface area contributed by atoms with Gasteiger partial charge in [0, 0.05) is 12.0 Å². The zero-order valence-electron chi connectivity index (χ0n) is 11.8. The molecule has 0 aromatic heterocycles. The molecule has 0 aliphatic carbocycles. The van der Waals surface area contributed by atoms with Crippen LogP contribution in [0.4, 0.5) is 0 Å². The van der Waals surface area contributed by atoms with Gasteiger partial charge in [-0.2, -0.15) is 0 Å². The highest BCUT2D eigenvalue weighted by Gasteiger charge is 2.33. The molecule has 1 rings (SSSR count). The Morgan fingerprint density at radius 3 is 2.24 bits per heavy atom. The van der Waals surface area contributed by atoms with Gasteiger partial charge in [0.1, 0.15) is 0 Å². The number of rotatable bonds is 7. The summed E-state index contributed by atoms with van der Waals surface area (Å²) in [6.07, 6.45) is 2.39. The van der Waals surface area contributed by atoms with Crippen LogP contribution in [-0.4, -0.2) is 13.1 Å². The zero-order valence-corrected chi connectivity index (χ0v) is 11.8. The molecule has 1 aromatic rings. The summed E-state index contributed by atoms with van der Waals surface area (Å²) in [5.74, 6) is 0.652. The average Bonchev–Trinajstić information content (AvgIpc) is 2.36. The third kappa shape index (κ3) is 3.32. The Morgan fingerprint density at radius 2 is 1.76 bits per heavy atom. The lowest BCUT2D eigenvalue weighted by Crippen LogP contribution is -2.42. The number of hydrogen-bond donors (Lipinski definition) is 1. The van der Waals surface area contributed by atoms with Gasteiger partial charge in [-0.25, -0.2) is 0 Å². The monoisotopic (exact) mass is 233 g/mol. The molecular weight excluding hydrogens is 206 g/mol. The fourth-order valence-corrected chi connectivity index (χ4v) is 2.64. The Morgan fingerprint density at radius 1 is 1.12 bits per heavy atom. The van der Waals surface area contributed by atoms with Crippen LogP contribution in [0.15, 0.2) is 30.3 Å². The van der Waals surface area contributed by atoms with Gasteiger partial charge in [0.15, 0.2) is 0 Å². The predicted molar refractivity (Wildman–Crippen MR) is 76.4 cm³/mol. The van der Waals surface area contributed by atoms with Gasteiger partial charge in [0.2, 0.25) is 0 Å². The first-order valence-corrected chi connectivity index (χ1v) is 6.93. The Hall–Kier alpha value is -0.820. The van der Waals surface area contributed by atoms with Crippen molar-refractivity contribution in [1.29, 1.82) is 0 Å². The third-order valence-electron chi connectivity index (χ3n) is 3.95. The highest BCUT2D eigenvalue weighted by atomic mass is 14.9. The smallest absolute Gasteiger partial charge is 0.00980 e. The van der Waals surface area contributed by atoms with E-state index < -0.39 is 0 Å². The average molecular weight is 233 g/mol. The molecule has 1 unspecified atom stereocenters. The Bertz CT molecular complexity index is 305. The van der Waals surface area contributed by atoms with Crippen molar-refractivity contribution in [3.63, 3.8) is 0 Å². The molecule has 1 atom stereocenters. The SMILES string of the molecule is CCCNCC(CC)(c1ccccc1)C(C)C. The molecule has 0 heterocycles. The van der Waals surface area contributed by atoms with E-state index in [9.17, 15) is 0 Å². The minimum absolute atomic E-state index is 0.274. The van der Waals surface area contributed by atoms with E-state index in [1.165, 1.54) is 18.4 Å². The van der Waals surface area contributed by atoms with E-state index in [2.05, 4.69) is 63.3 Å². The predicted octanol–water partition coefficient (Wildman–Crippen LogP) is 3.99. The van der Waals surface area contributed by atoms with E-state index in [0.29, 0.717) is 5.92 Å². The van der Waals surface area contributed by atoms with Crippen LogP contribution in [0, 0.1) is 5.92 Å². The van der Waals surface area contributed by atoms with Crippen molar-refractivity contribution >= 4 is 0 Å². The number of benzene rings is 1. The molecule has 1 heteroatoms. The van der Waals surface area contributed by atoms with Crippen LogP contribution in [0.3, 0.4) is 0 Å². The van der Waals surface area contributed by atoms with Crippen molar-refractivity contribution in [2.24, 2.45) is 5.92 Å². The summed E-state index contributed by atoms with van der Waals surface area (Å²) in [5, 5.41) is 3.61. The first kappa shape index (κ1) is 14.2. The molecule has 1 aromatic carbocycles. The largest absolute Gasteiger partial charge is 0.316 e. The Kier molecular flexibility index (Phi) is 5.70. The minimum Gasteiger partial charge on any atom is -0.316 e. The topological polar surface area (TPSA) is 12.0 Å². The van der Waals surface area contributed by atoms with Crippen molar-refractivity contribution in [3.05, 3.63) is 35.9 Å².